The number of hydrogen-bond donors (Lipinski definition) is 2. The third-order valence-electron chi connectivity index (χ3n) is 2.33. The van der Waals surface area contributed by atoms with Crippen molar-refractivity contribution in [3.05, 3.63) is 59.1 Å². The fourth-order valence-electron chi connectivity index (χ4n) is 1.42. The number of carbonyl (C=O) groups is 1. The average molecular weight is 280 g/mol. The van der Waals surface area contributed by atoms with Gasteiger partial charge in [0.25, 0.3) is 0 Å². The Labute approximate surface area is 114 Å². The lowest BCUT2D eigenvalue weighted by Gasteiger charge is -2.07. The molecule has 1 heterocycles. The van der Waals surface area contributed by atoms with Crippen molar-refractivity contribution in [2.24, 2.45) is 0 Å². The van der Waals surface area contributed by atoms with Crippen molar-refractivity contribution in [3.63, 3.8) is 0 Å². The maximum Gasteiger partial charge on any atom is 0.319 e. The molecule has 19 heavy (non-hydrogen) atoms. The molecular weight excluding hydrogens is 269 g/mol. The number of nitrogens with one attached hydrogen (secondary N) is 2. The Hall–Kier alpha value is -2.14. The van der Waals surface area contributed by atoms with E-state index in [4.69, 9.17) is 11.6 Å². The van der Waals surface area contributed by atoms with E-state index in [0.717, 1.165) is 11.8 Å². The molecule has 0 radical (unpaired) electrons. The molecule has 0 aliphatic heterocycles. The molecule has 0 fully saturated rings. The summed E-state index contributed by atoms with van der Waals surface area (Å²) in [6.07, 6.45) is 1.64. The highest BCUT2D eigenvalue weighted by Crippen LogP contribution is 2.18. The first-order chi connectivity index (χ1) is 9.15. The van der Waals surface area contributed by atoms with Gasteiger partial charge in [-0.3, -0.25) is 4.98 Å². The molecule has 0 unspecified atom stereocenters. The predicted molar refractivity (Wildman–Crippen MR) is 71.5 cm³/mol. The van der Waals surface area contributed by atoms with Crippen LogP contribution in [0.3, 0.4) is 0 Å². The molecule has 2 amide bonds. The molecule has 0 bridgehead atoms. The average Bonchev–Trinajstić information content (AvgIpc) is 2.42. The van der Waals surface area contributed by atoms with Gasteiger partial charge in [-0.25, -0.2) is 9.18 Å². The summed E-state index contributed by atoms with van der Waals surface area (Å²) in [5.74, 6) is -0.579. The van der Waals surface area contributed by atoms with Gasteiger partial charge in [0.15, 0.2) is 0 Å². The van der Waals surface area contributed by atoms with Gasteiger partial charge in [0, 0.05) is 11.9 Å². The highest BCUT2D eigenvalue weighted by molar-refractivity contribution is 6.30. The van der Waals surface area contributed by atoms with Crippen LogP contribution in [-0.2, 0) is 6.54 Å². The van der Waals surface area contributed by atoms with Gasteiger partial charge >= 0.3 is 6.03 Å². The summed E-state index contributed by atoms with van der Waals surface area (Å²) in [5.41, 5.74) is 1.07. The summed E-state index contributed by atoms with van der Waals surface area (Å²) in [6, 6.07) is 9.03. The minimum atomic E-state index is -0.579. The molecular formula is C13H11ClFN3O. The summed E-state index contributed by atoms with van der Waals surface area (Å²) < 4.78 is 13.2. The van der Waals surface area contributed by atoms with Gasteiger partial charge in [-0.2, -0.15) is 0 Å². The minimum Gasteiger partial charge on any atom is -0.332 e. The Morgan fingerprint density at radius 3 is 2.84 bits per heavy atom. The van der Waals surface area contributed by atoms with E-state index in [2.05, 4.69) is 15.6 Å². The van der Waals surface area contributed by atoms with Crippen molar-refractivity contribution in [3.8, 4) is 0 Å². The molecule has 4 nitrogen and oxygen atoms in total. The second kappa shape index (κ2) is 6.15. The molecule has 2 N–H and O–H groups in total. The largest absolute Gasteiger partial charge is 0.332 e. The molecule has 98 valence electrons. The van der Waals surface area contributed by atoms with E-state index in [1.54, 1.807) is 18.3 Å². The van der Waals surface area contributed by atoms with Crippen LogP contribution in [0.1, 0.15) is 5.69 Å². The Morgan fingerprint density at radius 2 is 2.16 bits per heavy atom. The van der Waals surface area contributed by atoms with E-state index in [1.807, 2.05) is 6.07 Å². The Morgan fingerprint density at radius 1 is 1.32 bits per heavy atom. The van der Waals surface area contributed by atoms with Gasteiger partial charge < -0.3 is 10.6 Å². The van der Waals surface area contributed by atoms with E-state index in [1.165, 1.54) is 12.1 Å². The summed E-state index contributed by atoms with van der Waals surface area (Å²) in [5, 5.41) is 5.13. The lowest BCUT2D eigenvalue weighted by molar-refractivity contribution is 0.251. The summed E-state index contributed by atoms with van der Waals surface area (Å²) in [7, 11) is 0. The minimum absolute atomic E-state index is 0.0134. The van der Waals surface area contributed by atoms with Gasteiger partial charge in [0.1, 0.15) is 5.82 Å². The number of halogens is 2. The van der Waals surface area contributed by atoms with E-state index < -0.39 is 11.8 Å². The van der Waals surface area contributed by atoms with Gasteiger partial charge in [0.2, 0.25) is 0 Å². The Balaban J connectivity index is 1.89. The van der Waals surface area contributed by atoms with Crippen LogP contribution in [0.5, 0.6) is 0 Å². The molecule has 0 aliphatic rings. The van der Waals surface area contributed by atoms with Crippen LogP contribution in [0.2, 0.25) is 5.02 Å². The van der Waals surface area contributed by atoms with Crippen molar-refractivity contribution < 1.29 is 9.18 Å². The summed E-state index contributed by atoms with van der Waals surface area (Å²) >= 11 is 5.55. The van der Waals surface area contributed by atoms with Crippen LogP contribution < -0.4 is 10.6 Å². The first kappa shape index (κ1) is 13.3. The highest BCUT2D eigenvalue weighted by atomic mass is 35.5. The van der Waals surface area contributed by atoms with Crippen LogP contribution >= 0.6 is 11.6 Å². The van der Waals surface area contributed by atoms with Gasteiger partial charge in [-0.05, 0) is 30.3 Å². The van der Waals surface area contributed by atoms with Gasteiger partial charge in [0.05, 0.1) is 17.3 Å². The fourth-order valence-corrected chi connectivity index (χ4v) is 1.54. The number of pyridine rings is 1. The number of carbonyl (C=O) groups excluding carboxylic acids is 1. The standard InChI is InChI=1S/C13H11ClFN3O/c14-11-5-4-9(7-12(11)15)18-13(19)17-8-10-3-1-2-6-16-10/h1-7H,8H2,(H2,17,18,19). The SMILES string of the molecule is O=C(NCc1ccccn1)Nc1ccc(Cl)c(F)c1. The lowest BCUT2D eigenvalue weighted by atomic mass is 10.3. The van der Waals surface area contributed by atoms with Crippen molar-refractivity contribution in [2.75, 3.05) is 5.32 Å². The second-order valence-corrected chi connectivity index (χ2v) is 4.16. The Bertz CT molecular complexity index is 577. The normalized spacial score (nSPS) is 10.0. The zero-order valence-electron chi connectivity index (χ0n) is 9.86. The molecule has 0 atom stereocenters. The summed E-state index contributed by atoms with van der Waals surface area (Å²) in [6.45, 7) is 0.294. The van der Waals surface area contributed by atoms with Crippen molar-refractivity contribution in [1.29, 1.82) is 0 Å². The smallest absolute Gasteiger partial charge is 0.319 e. The van der Waals surface area contributed by atoms with Crippen molar-refractivity contribution in [2.45, 2.75) is 6.54 Å². The predicted octanol–water partition coefficient (Wildman–Crippen LogP) is 3.20. The van der Waals surface area contributed by atoms with Crippen molar-refractivity contribution in [1.82, 2.24) is 10.3 Å². The van der Waals surface area contributed by atoms with E-state index in [0.29, 0.717) is 12.2 Å². The number of benzene rings is 1. The van der Waals surface area contributed by atoms with Crippen LogP contribution in [0.15, 0.2) is 42.6 Å². The van der Waals surface area contributed by atoms with Crippen LogP contribution in [0.4, 0.5) is 14.9 Å². The number of aromatic nitrogens is 1. The number of rotatable bonds is 3. The van der Waals surface area contributed by atoms with Crippen LogP contribution in [0, 0.1) is 5.82 Å². The Kier molecular flexibility index (Phi) is 4.30. The van der Waals surface area contributed by atoms with Gasteiger partial charge in [-0.1, -0.05) is 17.7 Å². The third-order valence-corrected chi connectivity index (χ3v) is 2.64. The van der Waals surface area contributed by atoms with Crippen LogP contribution in [-0.4, -0.2) is 11.0 Å². The number of hydrogen-bond acceptors (Lipinski definition) is 2. The zero-order chi connectivity index (χ0) is 13.7. The number of urea groups is 1. The molecule has 2 aromatic rings. The lowest BCUT2D eigenvalue weighted by Crippen LogP contribution is -2.28. The van der Waals surface area contributed by atoms with Crippen molar-refractivity contribution >= 4 is 23.3 Å². The molecule has 1 aromatic carbocycles. The number of nitrogens with zero attached hydrogens (tertiary/aromatic N) is 1. The maximum atomic E-state index is 13.2. The third kappa shape index (κ3) is 3.93. The molecule has 0 spiro atoms. The first-order valence-corrected chi connectivity index (χ1v) is 5.93. The van der Waals surface area contributed by atoms with E-state index >= 15 is 0 Å². The highest BCUT2D eigenvalue weighted by Gasteiger charge is 2.05. The first-order valence-electron chi connectivity index (χ1n) is 5.55. The van der Waals surface area contributed by atoms with Crippen LogP contribution in [0.25, 0.3) is 0 Å². The molecule has 0 saturated carbocycles. The van der Waals surface area contributed by atoms with E-state index in [-0.39, 0.29) is 5.02 Å². The van der Waals surface area contributed by atoms with Gasteiger partial charge in [-0.15, -0.1) is 0 Å². The number of anilines is 1. The molecule has 0 aliphatic carbocycles. The topological polar surface area (TPSA) is 54.0 Å². The number of amides is 2. The summed E-state index contributed by atoms with van der Waals surface area (Å²) in [4.78, 5) is 15.6. The van der Waals surface area contributed by atoms with E-state index in [9.17, 15) is 9.18 Å². The molecule has 0 saturated heterocycles. The monoisotopic (exact) mass is 279 g/mol. The molecule has 6 heteroatoms. The molecule has 2 rings (SSSR count). The fraction of sp³-hybridized carbons (Fsp3) is 0.0769. The maximum absolute atomic E-state index is 13.2. The quantitative estimate of drug-likeness (QED) is 0.906. The second-order valence-electron chi connectivity index (χ2n) is 3.76. The zero-order valence-corrected chi connectivity index (χ0v) is 10.6. The molecule has 1 aromatic heterocycles.